The largest absolute Gasteiger partial charge is 0.390 e. The maximum absolute atomic E-state index is 13.5. The first-order valence-electron chi connectivity index (χ1n) is 8.76. The predicted molar refractivity (Wildman–Crippen MR) is 99.6 cm³/mol. The minimum Gasteiger partial charge on any atom is -0.390 e. The fourth-order valence-corrected chi connectivity index (χ4v) is 2.94. The Labute approximate surface area is 152 Å². The van der Waals surface area contributed by atoms with Crippen molar-refractivity contribution in [3.63, 3.8) is 0 Å². The molecule has 1 heterocycles. The highest BCUT2D eigenvalue weighted by Gasteiger charge is 2.23. The topological polar surface area (TPSA) is 88.8 Å². The summed E-state index contributed by atoms with van der Waals surface area (Å²) in [6.07, 6.45) is 3.88. The number of aliphatic imine (C=N–C) groups is 2. The average Bonchev–Trinajstić information content (AvgIpc) is 3.34. The fraction of sp³-hybridized carbons (Fsp3) is 0.421. The van der Waals surface area contributed by atoms with Crippen LogP contribution in [0.5, 0.6) is 0 Å². The maximum atomic E-state index is 13.5. The van der Waals surface area contributed by atoms with Gasteiger partial charge in [0.25, 0.3) is 0 Å². The van der Waals surface area contributed by atoms with Crippen LogP contribution in [0, 0.1) is 11.7 Å². The van der Waals surface area contributed by atoms with E-state index in [1.165, 1.54) is 25.0 Å². The van der Waals surface area contributed by atoms with Gasteiger partial charge >= 0.3 is 0 Å². The van der Waals surface area contributed by atoms with E-state index in [4.69, 9.17) is 5.73 Å². The standard InChI is InChI=1S/C19H24FN5O/c1-12(26)18-8-14(20)5-6-17(18)19(23-11-21)22-10-16-9-15(24-25(16)2)7-13-3-4-13/h5-6,8-9,11-13,26H,3-4,7,10H2,1-2H3,(H2,21,22,23)/t12-/m1/s1. The van der Waals surface area contributed by atoms with Crippen LogP contribution in [0.2, 0.25) is 0 Å². The third-order valence-corrected chi connectivity index (χ3v) is 4.51. The Hall–Kier alpha value is -2.54. The van der Waals surface area contributed by atoms with E-state index in [0.717, 1.165) is 30.1 Å². The Morgan fingerprint density at radius 1 is 1.46 bits per heavy atom. The van der Waals surface area contributed by atoms with Crippen molar-refractivity contribution in [2.75, 3.05) is 0 Å². The summed E-state index contributed by atoms with van der Waals surface area (Å²) < 4.78 is 15.4. The number of hydrogen-bond donors (Lipinski definition) is 2. The van der Waals surface area contributed by atoms with Crippen molar-refractivity contribution in [3.05, 3.63) is 52.6 Å². The summed E-state index contributed by atoms with van der Waals surface area (Å²) in [5, 5.41) is 14.5. The van der Waals surface area contributed by atoms with Crippen molar-refractivity contribution in [2.24, 2.45) is 28.7 Å². The van der Waals surface area contributed by atoms with Gasteiger partial charge in [-0.1, -0.05) is 0 Å². The molecule has 1 aromatic carbocycles. The van der Waals surface area contributed by atoms with E-state index in [1.54, 1.807) is 13.0 Å². The van der Waals surface area contributed by atoms with Crippen molar-refractivity contribution >= 4 is 12.2 Å². The van der Waals surface area contributed by atoms with Gasteiger partial charge in [-0.25, -0.2) is 9.38 Å². The van der Waals surface area contributed by atoms with Crippen molar-refractivity contribution in [2.45, 2.75) is 38.8 Å². The molecule has 1 aromatic heterocycles. The number of nitrogens with two attached hydrogens (primary N) is 1. The Morgan fingerprint density at radius 3 is 2.88 bits per heavy atom. The van der Waals surface area contributed by atoms with Crippen LogP contribution in [0.1, 0.15) is 48.4 Å². The first kappa shape index (κ1) is 18.3. The Morgan fingerprint density at radius 2 is 2.23 bits per heavy atom. The van der Waals surface area contributed by atoms with Crippen molar-refractivity contribution in [3.8, 4) is 0 Å². The molecule has 2 aromatic rings. The summed E-state index contributed by atoms with van der Waals surface area (Å²) in [7, 11) is 1.90. The van der Waals surface area contributed by atoms with Gasteiger partial charge in [0.05, 0.1) is 30.4 Å². The Bertz CT molecular complexity index is 836. The molecular weight excluding hydrogens is 333 g/mol. The molecule has 138 valence electrons. The maximum Gasteiger partial charge on any atom is 0.157 e. The van der Waals surface area contributed by atoms with Gasteiger partial charge < -0.3 is 10.8 Å². The Balaban J connectivity index is 1.87. The third-order valence-electron chi connectivity index (χ3n) is 4.51. The summed E-state index contributed by atoms with van der Waals surface area (Å²) in [6, 6.07) is 6.23. The van der Waals surface area contributed by atoms with Gasteiger partial charge in [-0.15, -0.1) is 0 Å². The fourth-order valence-electron chi connectivity index (χ4n) is 2.94. The summed E-state index contributed by atoms with van der Waals surface area (Å²) in [4.78, 5) is 8.66. The van der Waals surface area contributed by atoms with E-state index >= 15 is 0 Å². The highest BCUT2D eigenvalue weighted by Crippen LogP contribution is 2.32. The predicted octanol–water partition coefficient (Wildman–Crippen LogP) is 2.50. The number of benzene rings is 1. The second-order valence-electron chi connectivity index (χ2n) is 6.72. The SMILES string of the molecule is C[C@@H](O)c1cc(F)ccc1C(N=CN)=NCc1cc(CC2CC2)nn1C. The second-order valence-corrected chi connectivity index (χ2v) is 6.72. The molecule has 1 aliphatic carbocycles. The van der Waals surface area contributed by atoms with Crippen LogP contribution in [-0.4, -0.2) is 27.1 Å². The minimum absolute atomic E-state index is 0.355. The molecule has 0 radical (unpaired) electrons. The molecular formula is C19H24FN5O. The molecule has 1 atom stereocenters. The highest BCUT2D eigenvalue weighted by atomic mass is 19.1. The summed E-state index contributed by atoms with van der Waals surface area (Å²) in [6.45, 7) is 1.95. The number of aliphatic hydroxyl groups is 1. The number of nitrogens with zero attached hydrogens (tertiary/aromatic N) is 4. The van der Waals surface area contributed by atoms with Crippen LogP contribution in [0.15, 0.2) is 34.3 Å². The first-order chi connectivity index (χ1) is 12.5. The zero-order chi connectivity index (χ0) is 18.7. The molecule has 0 bridgehead atoms. The summed E-state index contributed by atoms with van der Waals surface area (Å²) in [5.41, 5.74) is 8.49. The third kappa shape index (κ3) is 4.35. The number of aliphatic hydroxyl groups excluding tert-OH is 1. The van der Waals surface area contributed by atoms with Crippen LogP contribution < -0.4 is 5.73 Å². The van der Waals surface area contributed by atoms with E-state index in [2.05, 4.69) is 21.1 Å². The number of aromatic nitrogens is 2. The van der Waals surface area contributed by atoms with Gasteiger partial charge in [0.15, 0.2) is 5.84 Å². The zero-order valence-electron chi connectivity index (χ0n) is 15.1. The number of halogens is 1. The first-order valence-corrected chi connectivity index (χ1v) is 8.76. The van der Waals surface area contributed by atoms with Crippen molar-refractivity contribution in [1.82, 2.24) is 9.78 Å². The van der Waals surface area contributed by atoms with E-state index in [0.29, 0.717) is 23.5 Å². The number of amidine groups is 1. The van der Waals surface area contributed by atoms with E-state index in [1.807, 2.05) is 11.7 Å². The normalized spacial score (nSPS) is 16.4. The van der Waals surface area contributed by atoms with Crippen LogP contribution >= 0.6 is 0 Å². The molecule has 26 heavy (non-hydrogen) atoms. The van der Waals surface area contributed by atoms with Crippen molar-refractivity contribution in [1.29, 1.82) is 0 Å². The smallest absolute Gasteiger partial charge is 0.157 e. The lowest BCUT2D eigenvalue weighted by atomic mass is 10.0. The van der Waals surface area contributed by atoms with Crippen LogP contribution in [0.4, 0.5) is 4.39 Å². The van der Waals surface area contributed by atoms with Gasteiger partial charge in [-0.2, -0.15) is 5.10 Å². The highest BCUT2D eigenvalue weighted by molar-refractivity contribution is 6.03. The zero-order valence-corrected chi connectivity index (χ0v) is 15.1. The lowest BCUT2D eigenvalue weighted by Gasteiger charge is -2.12. The number of aryl methyl sites for hydroxylation is 1. The molecule has 6 nitrogen and oxygen atoms in total. The second kappa shape index (κ2) is 7.78. The molecule has 1 aliphatic rings. The molecule has 1 saturated carbocycles. The van der Waals surface area contributed by atoms with Gasteiger partial charge in [0.2, 0.25) is 0 Å². The van der Waals surface area contributed by atoms with E-state index in [9.17, 15) is 9.50 Å². The molecule has 0 unspecified atom stereocenters. The minimum atomic E-state index is -0.847. The van der Waals surface area contributed by atoms with Crippen LogP contribution in [-0.2, 0) is 20.0 Å². The molecule has 0 amide bonds. The van der Waals surface area contributed by atoms with Crippen LogP contribution in [0.3, 0.4) is 0 Å². The van der Waals surface area contributed by atoms with Gasteiger partial charge in [-0.3, -0.25) is 9.67 Å². The number of rotatable bonds is 6. The van der Waals surface area contributed by atoms with E-state index in [-0.39, 0.29) is 0 Å². The molecule has 1 fully saturated rings. The summed E-state index contributed by atoms with van der Waals surface area (Å²) >= 11 is 0. The monoisotopic (exact) mass is 357 g/mol. The lowest BCUT2D eigenvalue weighted by molar-refractivity contribution is 0.198. The van der Waals surface area contributed by atoms with E-state index < -0.39 is 11.9 Å². The molecule has 3 rings (SSSR count). The lowest BCUT2D eigenvalue weighted by Crippen LogP contribution is -2.09. The Kier molecular flexibility index (Phi) is 5.46. The van der Waals surface area contributed by atoms with Gasteiger partial charge in [0.1, 0.15) is 5.82 Å². The number of hydrogen-bond acceptors (Lipinski definition) is 3. The van der Waals surface area contributed by atoms with Gasteiger partial charge in [-0.05, 0) is 61.9 Å². The molecule has 0 spiro atoms. The molecule has 0 saturated heterocycles. The molecule has 7 heteroatoms. The van der Waals surface area contributed by atoms with Crippen LogP contribution in [0.25, 0.3) is 0 Å². The molecule has 3 N–H and O–H groups in total. The molecule has 0 aliphatic heterocycles. The quantitative estimate of drug-likeness (QED) is 0.615. The van der Waals surface area contributed by atoms with Gasteiger partial charge in [0, 0.05) is 12.6 Å². The summed E-state index contributed by atoms with van der Waals surface area (Å²) in [5.74, 6) is 0.705. The van der Waals surface area contributed by atoms with Crippen molar-refractivity contribution < 1.29 is 9.50 Å². The average molecular weight is 357 g/mol.